The van der Waals surface area contributed by atoms with Gasteiger partial charge in [-0.05, 0) is 38.7 Å². The zero-order valence-electron chi connectivity index (χ0n) is 14.9. The number of aromatic nitrogens is 1. The summed E-state index contributed by atoms with van der Waals surface area (Å²) < 4.78 is 0. The molecule has 0 radical (unpaired) electrons. The number of hydrogen-bond acceptors (Lipinski definition) is 4. The Morgan fingerprint density at radius 3 is 2.76 bits per heavy atom. The molecule has 1 saturated carbocycles. The number of nitrogens with two attached hydrogens (primary N) is 1. The number of primary amides is 1. The molecule has 4 N–H and O–H groups in total. The minimum Gasteiger partial charge on any atom is -0.369 e. The minimum absolute atomic E-state index is 0.00969. The van der Waals surface area contributed by atoms with E-state index in [0.29, 0.717) is 12.6 Å². The van der Waals surface area contributed by atoms with Gasteiger partial charge in [0.2, 0.25) is 5.91 Å². The summed E-state index contributed by atoms with van der Waals surface area (Å²) in [6, 6.07) is 4.59. The van der Waals surface area contributed by atoms with Gasteiger partial charge in [0.05, 0.1) is 6.54 Å². The third kappa shape index (κ3) is 4.84. The molecule has 136 valence electrons. The van der Waals surface area contributed by atoms with E-state index in [1.54, 1.807) is 0 Å². The maximum atomic E-state index is 11.4. The zero-order chi connectivity index (χ0) is 17.6. The van der Waals surface area contributed by atoms with Crippen LogP contribution in [0.5, 0.6) is 0 Å². The van der Waals surface area contributed by atoms with Crippen molar-refractivity contribution < 1.29 is 4.79 Å². The second-order valence-corrected chi connectivity index (χ2v) is 6.76. The average molecular weight is 344 g/mol. The largest absolute Gasteiger partial charge is 0.369 e. The number of anilines is 1. The summed E-state index contributed by atoms with van der Waals surface area (Å²) in [7, 11) is 0. The minimum atomic E-state index is -0.188. The number of rotatable bonds is 6. The normalized spacial score (nSPS) is 18.9. The lowest BCUT2D eigenvalue weighted by atomic mass is 9.96. The van der Waals surface area contributed by atoms with Crippen LogP contribution in [0.1, 0.15) is 38.2 Å². The lowest BCUT2D eigenvalue weighted by Crippen LogP contribution is -2.39. The Hall–Kier alpha value is -2.31. The van der Waals surface area contributed by atoms with Gasteiger partial charge in [-0.25, -0.2) is 9.98 Å². The van der Waals surface area contributed by atoms with Crippen LogP contribution in [0.4, 0.5) is 5.82 Å². The number of hydrogen-bond donors (Lipinski definition) is 3. The van der Waals surface area contributed by atoms with Crippen LogP contribution in [0.15, 0.2) is 23.3 Å². The van der Waals surface area contributed by atoms with Crippen LogP contribution in [0.25, 0.3) is 0 Å². The molecule has 1 aromatic heterocycles. The molecule has 1 aliphatic heterocycles. The maximum Gasteiger partial charge on any atom is 0.220 e. The van der Waals surface area contributed by atoms with Gasteiger partial charge in [-0.15, -0.1) is 0 Å². The van der Waals surface area contributed by atoms with Crippen LogP contribution in [0.3, 0.4) is 0 Å². The lowest BCUT2D eigenvalue weighted by molar-refractivity contribution is -0.122. The summed E-state index contributed by atoms with van der Waals surface area (Å²) in [5.74, 6) is 1.64. The molecule has 1 aromatic rings. The van der Waals surface area contributed by atoms with Gasteiger partial charge in [-0.1, -0.05) is 6.07 Å². The van der Waals surface area contributed by atoms with Crippen molar-refractivity contribution in [3.05, 3.63) is 23.9 Å². The second-order valence-electron chi connectivity index (χ2n) is 6.76. The Balaban J connectivity index is 1.67. The van der Waals surface area contributed by atoms with Gasteiger partial charge < -0.3 is 21.3 Å². The molecule has 3 rings (SSSR count). The van der Waals surface area contributed by atoms with E-state index in [1.165, 1.54) is 12.8 Å². The van der Waals surface area contributed by atoms with E-state index in [4.69, 9.17) is 10.7 Å². The molecule has 1 amide bonds. The molecule has 0 spiro atoms. The molecule has 1 aliphatic carbocycles. The smallest absolute Gasteiger partial charge is 0.220 e. The predicted molar refractivity (Wildman–Crippen MR) is 99.3 cm³/mol. The number of nitrogens with one attached hydrogen (secondary N) is 2. The van der Waals surface area contributed by atoms with E-state index >= 15 is 0 Å². The standard InChI is InChI=1S/C18H28N6O/c1-2-20-18(23-15-5-6-15)22-12-14-4-3-9-21-17(14)24-10-7-13(8-11-24)16(19)25/h3-4,9,13,15H,2,5-8,10-12H2,1H3,(H2,19,25)(H2,20,22,23). The molecule has 0 atom stereocenters. The highest BCUT2D eigenvalue weighted by Crippen LogP contribution is 2.25. The van der Waals surface area contributed by atoms with Crippen molar-refractivity contribution in [3.8, 4) is 0 Å². The van der Waals surface area contributed by atoms with Crippen LogP contribution in [-0.4, -0.2) is 42.5 Å². The summed E-state index contributed by atoms with van der Waals surface area (Å²) in [5, 5.41) is 6.73. The fourth-order valence-corrected chi connectivity index (χ4v) is 3.12. The van der Waals surface area contributed by atoms with E-state index in [-0.39, 0.29) is 11.8 Å². The number of carbonyl (C=O) groups excluding carboxylic acids is 1. The average Bonchev–Trinajstić information content (AvgIpc) is 3.44. The Labute approximate surface area is 149 Å². The van der Waals surface area contributed by atoms with E-state index in [9.17, 15) is 4.79 Å². The lowest BCUT2D eigenvalue weighted by Gasteiger charge is -2.32. The summed E-state index contributed by atoms with van der Waals surface area (Å²) in [6.45, 7) is 5.12. The van der Waals surface area contributed by atoms with Crippen molar-refractivity contribution in [3.63, 3.8) is 0 Å². The molecule has 2 heterocycles. The molecule has 7 heteroatoms. The van der Waals surface area contributed by atoms with Gasteiger partial charge in [0.1, 0.15) is 5.82 Å². The summed E-state index contributed by atoms with van der Waals surface area (Å²) in [5.41, 5.74) is 6.54. The third-order valence-corrected chi connectivity index (χ3v) is 4.73. The molecule has 0 bridgehead atoms. The summed E-state index contributed by atoms with van der Waals surface area (Å²) in [6.07, 6.45) is 5.84. The first kappa shape index (κ1) is 17.5. The van der Waals surface area contributed by atoms with Gasteiger partial charge >= 0.3 is 0 Å². The van der Waals surface area contributed by atoms with Crippen LogP contribution >= 0.6 is 0 Å². The Kier molecular flexibility index (Phi) is 5.73. The SMILES string of the molecule is CCNC(=NCc1cccnc1N1CCC(C(N)=O)CC1)NC1CC1. The van der Waals surface area contributed by atoms with Crippen molar-refractivity contribution in [1.29, 1.82) is 0 Å². The first-order chi connectivity index (χ1) is 12.2. The molecular weight excluding hydrogens is 316 g/mol. The number of pyridine rings is 1. The number of guanidine groups is 1. The zero-order valence-corrected chi connectivity index (χ0v) is 14.9. The molecule has 7 nitrogen and oxygen atoms in total. The first-order valence-corrected chi connectivity index (χ1v) is 9.20. The Bertz CT molecular complexity index is 620. The first-order valence-electron chi connectivity index (χ1n) is 9.20. The van der Waals surface area contributed by atoms with Crippen molar-refractivity contribution in [2.45, 2.75) is 45.2 Å². The quantitative estimate of drug-likeness (QED) is 0.528. The van der Waals surface area contributed by atoms with Crippen molar-refractivity contribution >= 4 is 17.7 Å². The summed E-state index contributed by atoms with van der Waals surface area (Å²) in [4.78, 5) is 22.9. The highest BCUT2D eigenvalue weighted by Gasteiger charge is 2.25. The molecule has 0 aromatic carbocycles. The van der Waals surface area contributed by atoms with Crippen LogP contribution < -0.4 is 21.3 Å². The Morgan fingerprint density at radius 2 is 2.12 bits per heavy atom. The third-order valence-electron chi connectivity index (χ3n) is 4.73. The number of aliphatic imine (C=N–C) groups is 1. The monoisotopic (exact) mass is 344 g/mol. The molecule has 1 saturated heterocycles. The maximum absolute atomic E-state index is 11.4. The number of carbonyl (C=O) groups is 1. The topological polar surface area (TPSA) is 95.6 Å². The van der Waals surface area contributed by atoms with E-state index in [1.807, 2.05) is 12.3 Å². The van der Waals surface area contributed by atoms with Crippen LogP contribution in [0.2, 0.25) is 0 Å². The second kappa shape index (κ2) is 8.18. The predicted octanol–water partition coefficient (Wildman–Crippen LogP) is 1.00. The fourth-order valence-electron chi connectivity index (χ4n) is 3.12. The van der Waals surface area contributed by atoms with E-state index < -0.39 is 0 Å². The van der Waals surface area contributed by atoms with Crippen LogP contribution in [0, 0.1) is 5.92 Å². The van der Waals surface area contributed by atoms with Crippen molar-refractivity contribution in [1.82, 2.24) is 15.6 Å². The molecule has 2 aliphatic rings. The van der Waals surface area contributed by atoms with Gasteiger partial charge in [0.15, 0.2) is 5.96 Å². The highest BCUT2D eigenvalue weighted by molar-refractivity contribution is 5.80. The van der Waals surface area contributed by atoms with Gasteiger partial charge in [-0.3, -0.25) is 4.79 Å². The summed E-state index contributed by atoms with van der Waals surface area (Å²) >= 11 is 0. The highest BCUT2D eigenvalue weighted by atomic mass is 16.1. The van der Waals surface area contributed by atoms with Gasteiger partial charge in [-0.2, -0.15) is 0 Å². The van der Waals surface area contributed by atoms with Crippen LogP contribution in [-0.2, 0) is 11.3 Å². The van der Waals surface area contributed by atoms with Gasteiger partial charge in [0.25, 0.3) is 0 Å². The number of piperidine rings is 1. The van der Waals surface area contributed by atoms with Crippen molar-refractivity contribution in [2.24, 2.45) is 16.6 Å². The van der Waals surface area contributed by atoms with Crippen molar-refractivity contribution in [2.75, 3.05) is 24.5 Å². The molecule has 2 fully saturated rings. The molecule has 25 heavy (non-hydrogen) atoms. The molecule has 0 unspecified atom stereocenters. The molecular formula is C18H28N6O. The van der Waals surface area contributed by atoms with E-state index in [2.05, 4.69) is 33.5 Å². The van der Waals surface area contributed by atoms with Gasteiger partial charge in [0, 0.05) is 43.4 Å². The number of amides is 1. The Morgan fingerprint density at radius 1 is 1.36 bits per heavy atom. The number of nitrogens with zero attached hydrogens (tertiary/aromatic N) is 3. The fraction of sp³-hybridized carbons (Fsp3) is 0.611. The van der Waals surface area contributed by atoms with E-state index in [0.717, 1.165) is 49.8 Å².